The minimum absolute atomic E-state index is 0.0236. The van der Waals surface area contributed by atoms with Crippen LogP contribution in [0, 0.1) is 6.92 Å². The van der Waals surface area contributed by atoms with E-state index in [0.717, 1.165) is 22.6 Å². The molecule has 0 atom stereocenters. The lowest BCUT2D eigenvalue weighted by Gasteiger charge is -2.10. The van der Waals surface area contributed by atoms with Crippen molar-refractivity contribution in [2.75, 3.05) is 18.5 Å². The van der Waals surface area contributed by atoms with Crippen molar-refractivity contribution in [3.05, 3.63) is 101 Å². The Morgan fingerprint density at radius 3 is 2.49 bits per heavy atom. The van der Waals surface area contributed by atoms with Gasteiger partial charge in [0.05, 0.1) is 12.6 Å². The van der Waals surface area contributed by atoms with E-state index in [4.69, 9.17) is 9.47 Å². The van der Waals surface area contributed by atoms with Gasteiger partial charge in [0.15, 0.2) is 0 Å². The molecule has 0 fully saturated rings. The molecule has 0 bridgehead atoms. The van der Waals surface area contributed by atoms with Crippen LogP contribution in [0.2, 0.25) is 0 Å². The second kappa shape index (κ2) is 12.9. The van der Waals surface area contributed by atoms with Crippen LogP contribution in [0.1, 0.15) is 26.5 Å². The molecule has 3 aromatic carbocycles. The summed E-state index contributed by atoms with van der Waals surface area (Å²) in [5.41, 5.74) is 4.60. The molecule has 37 heavy (non-hydrogen) atoms. The maximum Gasteiger partial charge on any atom is 0.257 e. The number of rotatable bonds is 11. The normalized spacial score (nSPS) is 10.7. The fourth-order valence-corrected chi connectivity index (χ4v) is 4.00. The van der Waals surface area contributed by atoms with Gasteiger partial charge in [0, 0.05) is 11.1 Å². The number of hydrazone groups is 1. The Kier molecular flexibility index (Phi) is 8.92. The number of carbonyl (C=O) groups is 2. The van der Waals surface area contributed by atoms with Gasteiger partial charge in [0.1, 0.15) is 29.7 Å². The first-order chi connectivity index (χ1) is 18.1. The van der Waals surface area contributed by atoms with Crippen LogP contribution in [0.5, 0.6) is 11.5 Å². The topological polar surface area (TPSA) is 115 Å². The molecule has 1 aromatic heterocycles. The number of amides is 2. The zero-order valence-corrected chi connectivity index (χ0v) is 20.9. The van der Waals surface area contributed by atoms with E-state index in [1.807, 2.05) is 73.7 Å². The Morgan fingerprint density at radius 1 is 0.919 bits per heavy atom. The lowest BCUT2D eigenvalue weighted by Crippen LogP contribution is -2.19. The highest BCUT2D eigenvalue weighted by atomic mass is 32.1. The van der Waals surface area contributed by atoms with Gasteiger partial charge in [0.25, 0.3) is 5.91 Å². The summed E-state index contributed by atoms with van der Waals surface area (Å²) in [4.78, 5) is 24.7. The molecule has 0 aliphatic heterocycles. The summed E-state index contributed by atoms with van der Waals surface area (Å²) in [6, 6.07) is 24.1. The van der Waals surface area contributed by atoms with E-state index in [9.17, 15) is 9.59 Å². The fourth-order valence-electron chi connectivity index (χ4n) is 3.26. The van der Waals surface area contributed by atoms with Crippen LogP contribution in [0.3, 0.4) is 0 Å². The molecule has 0 spiro atoms. The summed E-state index contributed by atoms with van der Waals surface area (Å²) in [7, 11) is 0. The van der Waals surface area contributed by atoms with E-state index in [1.165, 1.54) is 6.21 Å². The predicted octanol–water partition coefficient (Wildman–Crippen LogP) is 4.25. The van der Waals surface area contributed by atoms with Gasteiger partial charge in [-0.3, -0.25) is 14.9 Å². The number of ether oxygens (including phenoxy) is 2. The van der Waals surface area contributed by atoms with Crippen LogP contribution in [0.25, 0.3) is 0 Å². The van der Waals surface area contributed by atoms with Crippen molar-refractivity contribution in [3.63, 3.8) is 0 Å². The van der Waals surface area contributed by atoms with Gasteiger partial charge < -0.3 is 9.47 Å². The molecule has 188 valence electrons. The van der Waals surface area contributed by atoms with Gasteiger partial charge in [-0.15, -0.1) is 10.2 Å². The number of hydrogen-bond donors (Lipinski definition) is 2. The van der Waals surface area contributed by atoms with Gasteiger partial charge in [-0.25, -0.2) is 5.43 Å². The van der Waals surface area contributed by atoms with E-state index in [-0.39, 0.29) is 18.2 Å². The van der Waals surface area contributed by atoms with E-state index in [1.54, 1.807) is 12.1 Å². The third kappa shape index (κ3) is 7.71. The van der Waals surface area contributed by atoms with Crippen LogP contribution in [0.4, 0.5) is 5.13 Å². The standard InChI is InChI=1S/C27H25N5O4S/c1-19-9-5-7-13-22(19)26(34)29-27-32-31-25(37-27)17-24(33)30-28-18-20-10-6-8-14-23(20)36-16-15-35-21-11-3-2-4-12-21/h2-14,18H,15-17H2,1H3,(H,30,33)(H,29,32,34)/b28-18-. The molecular weight excluding hydrogens is 490 g/mol. The minimum Gasteiger partial charge on any atom is -0.490 e. The fraction of sp³-hybridized carbons (Fsp3) is 0.148. The molecular formula is C27H25N5O4S. The molecule has 10 heteroatoms. The van der Waals surface area contributed by atoms with Crippen molar-refractivity contribution in [1.29, 1.82) is 0 Å². The first-order valence-corrected chi connectivity index (χ1v) is 12.3. The van der Waals surface area contributed by atoms with Crippen molar-refractivity contribution in [1.82, 2.24) is 15.6 Å². The van der Waals surface area contributed by atoms with Crippen molar-refractivity contribution in [3.8, 4) is 11.5 Å². The summed E-state index contributed by atoms with van der Waals surface area (Å²) < 4.78 is 11.4. The number of aromatic nitrogens is 2. The van der Waals surface area contributed by atoms with Gasteiger partial charge in [-0.1, -0.05) is 59.9 Å². The highest BCUT2D eigenvalue weighted by molar-refractivity contribution is 7.15. The van der Waals surface area contributed by atoms with Crippen molar-refractivity contribution < 1.29 is 19.1 Å². The predicted molar refractivity (Wildman–Crippen MR) is 142 cm³/mol. The second-order valence-corrected chi connectivity index (χ2v) is 8.85. The van der Waals surface area contributed by atoms with E-state index in [2.05, 4.69) is 26.0 Å². The number of hydrogen-bond acceptors (Lipinski definition) is 8. The lowest BCUT2D eigenvalue weighted by molar-refractivity contribution is -0.120. The lowest BCUT2D eigenvalue weighted by atomic mass is 10.1. The van der Waals surface area contributed by atoms with Crippen molar-refractivity contribution >= 4 is 34.5 Å². The molecule has 2 N–H and O–H groups in total. The monoisotopic (exact) mass is 515 g/mol. The molecule has 2 amide bonds. The van der Waals surface area contributed by atoms with E-state index >= 15 is 0 Å². The molecule has 0 aliphatic rings. The molecule has 4 aromatic rings. The van der Waals surface area contributed by atoms with Gasteiger partial charge in [-0.2, -0.15) is 5.10 Å². The van der Waals surface area contributed by atoms with E-state index < -0.39 is 0 Å². The molecule has 0 unspecified atom stereocenters. The number of aryl methyl sites for hydroxylation is 1. The zero-order chi connectivity index (χ0) is 25.9. The summed E-state index contributed by atoms with van der Waals surface area (Å²) in [5, 5.41) is 15.4. The Morgan fingerprint density at radius 2 is 1.65 bits per heavy atom. The summed E-state index contributed by atoms with van der Waals surface area (Å²) in [5.74, 6) is 0.761. The van der Waals surface area contributed by atoms with Gasteiger partial charge in [-0.05, 0) is 42.8 Å². The Balaban J connectivity index is 1.24. The van der Waals surface area contributed by atoms with E-state index in [0.29, 0.717) is 40.2 Å². The number of carbonyl (C=O) groups excluding carboxylic acids is 2. The van der Waals surface area contributed by atoms with Gasteiger partial charge >= 0.3 is 0 Å². The highest BCUT2D eigenvalue weighted by Gasteiger charge is 2.13. The molecule has 0 radical (unpaired) electrons. The third-order valence-corrected chi connectivity index (χ3v) is 5.89. The zero-order valence-electron chi connectivity index (χ0n) is 20.1. The smallest absolute Gasteiger partial charge is 0.257 e. The average molecular weight is 516 g/mol. The first kappa shape index (κ1) is 25.5. The van der Waals surface area contributed by atoms with Crippen molar-refractivity contribution in [2.45, 2.75) is 13.3 Å². The number of nitrogens with zero attached hydrogens (tertiary/aromatic N) is 3. The molecule has 0 saturated carbocycles. The molecule has 0 aliphatic carbocycles. The number of anilines is 1. The van der Waals surface area contributed by atoms with Crippen molar-refractivity contribution in [2.24, 2.45) is 5.10 Å². The first-order valence-electron chi connectivity index (χ1n) is 11.5. The largest absolute Gasteiger partial charge is 0.490 e. The maximum absolute atomic E-state index is 12.4. The van der Waals surface area contributed by atoms with Crippen LogP contribution in [0.15, 0.2) is 84.0 Å². The third-order valence-electron chi connectivity index (χ3n) is 5.05. The number of benzene rings is 3. The van der Waals surface area contributed by atoms with Crippen LogP contribution < -0.4 is 20.2 Å². The Hall–Kier alpha value is -4.57. The second-order valence-electron chi connectivity index (χ2n) is 7.79. The summed E-state index contributed by atoms with van der Waals surface area (Å²) in [6.07, 6.45) is 1.49. The number of para-hydroxylation sites is 2. The molecule has 9 nitrogen and oxygen atoms in total. The number of nitrogens with one attached hydrogen (secondary N) is 2. The molecule has 4 rings (SSSR count). The Bertz CT molecular complexity index is 1370. The van der Waals surface area contributed by atoms with Crippen LogP contribution in [-0.4, -0.2) is 41.4 Å². The van der Waals surface area contributed by atoms with Crippen LogP contribution >= 0.6 is 11.3 Å². The summed E-state index contributed by atoms with van der Waals surface area (Å²) >= 11 is 1.13. The molecule has 0 saturated heterocycles. The maximum atomic E-state index is 12.4. The molecule has 1 heterocycles. The van der Waals surface area contributed by atoms with Crippen LogP contribution in [-0.2, 0) is 11.2 Å². The quantitative estimate of drug-likeness (QED) is 0.175. The average Bonchev–Trinajstić information content (AvgIpc) is 3.34. The SMILES string of the molecule is Cc1ccccc1C(=O)Nc1nnc(CC(=O)N/N=C\c2ccccc2OCCOc2ccccc2)s1. The highest BCUT2D eigenvalue weighted by Crippen LogP contribution is 2.18. The Labute approximate surface area is 218 Å². The minimum atomic E-state index is -0.362. The summed E-state index contributed by atoms with van der Waals surface area (Å²) in [6.45, 7) is 2.60. The van der Waals surface area contributed by atoms with Gasteiger partial charge in [0.2, 0.25) is 11.0 Å².